The third kappa shape index (κ3) is 5.40. The maximum absolute atomic E-state index is 13.0. The normalized spacial score (nSPS) is 12.3. The number of nitrogens with zero attached hydrogens (tertiary/aromatic N) is 1. The number of nitrogens with one attached hydrogen (secondary N) is 1. The van der Waals surface area contributed by atoms with E-state index in [-0.39, 0.29) is 17.4 Å². The number of anilines is 2. The molecule has 5 rings (SSSR count). The van der Waals surface area contributed by atoms with Crippen LogP contribution < -0.4 is 19.7 Å². The lowest BCUT2D eigenvalue weighted by Crippen LogP contribution is -2.29. The summed E-state index contributed by atoms with van der Waals surface area (Å²) in [6.45, 7) is 2.02. The summed E-state index contributed by atoms with van der Waals surface area (Å²) in [5.41, 5.74) is 2.89. The van der Waals surface area contributed by atoms with Crippen LogP contribution in [0.25, 0.3) is 0 Å². The van der Waals surface area contributed by atoms with Crippen LogP contribution in [0.4, 0.5) is 11.4 Å². The fraction of sp³-hybridized carbons (Fsp3) is 0.100. The molecule has 1 heterocycles. The lowest BCUT2D eigenvalue weighted by Gasteiger charge is -2.14. The van der Waals surface area contributed by atoms with Crippen molar-refractivity contribution < 1.29 is 23.9 Å². The molecule has 1 aliphatic rings. The summed E-state index contributed by atoms with van der Waals surface area (Å²) in [6, 6.07) is 26.5. The first kappa shape index (κ1) is 25.1. The van der Waals surface area contributed by atoms with Crippen molar-refractivity contribution >= 4 is 40.9 Å². The number of carbonyl (C=O) groups excluding carboxylic acids is 3. The van der Waals surface area contributed by atoms with Crippen LogP contribution in [0.5, 0.6) is 17.2 Å². The van der Waals surface area contributed by atoms with E-state index < -0.39 is 5.91 Å². The third-order valence-corrected chi connectivity index (χ3v) is 6.97. The predicted octanol–water partition coefficient (Wildman–Crippen LogP) is 6.33. The first-order valence-electron chi connectivity index (χ1n) is 11.9. The van der Waals surface area contributed by atoms with Crippen molar-refractivity contribution in [3.05, 3.63) is 108 Å². The highest BCUT2D eigenvalue weighted by molar-refractivity contribution is 8.00. The zero-order valence-electron chi connectivity index (χ0n) is 20.8. The molecular weight excluding hydrogens is 500 g/mol. The summed E-state index contributed by atoms with van der Waals surface area (Å²) in [4.78, 5) is 40.4. The molecule has 0 saturated heterocycles. The van der Waals surface area contributed by atoms with Crippen LogP contribution in [0.3, 0.4) is 0 Å². The SMILES string of the molecule is COc1ccc(N2C(=O)c3ccc(Oc4ccc(NC(=O)CSc5ccc(C)cc5)cc4)cc3C2=O)cc1. The highest BCUT2D eigenvalue weighted by Crippen LogP contribution is 2.33. The summed E-state index contributed by atoms with van der Waals surface area (Å²) in [5.74, 6) is 0.981. The molecule has 0 aromatic heterocycles. The van der Waals surface area contributed by atoms with Crippen molar-refractivity contribution in [2.24, 2.45) is 0 Å². The van der Waals surface area contributed by atoms with Crippen LogP contribution >= 0.6 is 11.8 Å². The number of imide groups is 1. The van der Waals surface area contributed by atoms with E-state index in [9.17, 15) is 14.4 Å². The zero-order chi connectivity index (χ0) is 26.6. The van der Waals surface area contributed by atoms with Crippen molar-refractivity contribution in [3.8, 4) is 17.2 Å². The first-order valence-corrected chi connectivity index (χ1v) is 12.8. The monoisotopic (exact) mass is 524 g/mol. The van der Waals surface area contributed by atoms with E-state index in [2.05, 4.69) is 5.32 Å². The van der Waals surface area contributed by atoms with Gasteiger partial charge in [0.1, 0.15) is 17.2 Å². The van der Waals surface area contributed by atoms with Gasteiger partial charge in [-0.25, -0.2) is 4.90 Å². The zero-order valence-corrected chi connectivity index (χ0v) is 21.6. The molecule has 4 aromatic carbocycles. The minimum Gasteiger partial charge on any atom is -0.497 e. The lowest BCUT2D eigenvalue weighted by atomic mass is 10.1. The maximum atomic E-state index is 13.0. The van der Waals surface area contributed by atoms with Gasteiger partial charge >= 0.3 is 0 Å². The lowest BCUT2D eigenvalue weighted by molar-refractivity contribution is -0.113. The Morgan fingerprint density at radius 1 is 0.789 bits per heavy atom. The summed E-state index contributed by atoms with van der Waals surface area (Å²) in [5, 5.41) is 2.88. The second-order valence-corrected chi connectivity index (χ2v) is 9.68. The number of fused-ring (bicyclic) bond motifs is 1. The van der Waals surface area contributed by atoms with Gasteiger partial charge < -0.3 is 14.8 Å². The Morgan fingerprint density at radius 3 is 2.11 bits per heavy atom. The number of thioether (sulfide) groups is 1. The molecule has 0 bridgehead atoms. The van der Waals surface area contributed by atoms with Crippen molar-refractivity contribution in [1.82, 2.24) is 0 Å². The highest BCUT2D eigenvalue weighted by atomic mass is 32.2. The summed E-state index contributed by atoms with van der Waals surface area (Å²) in [6.07, 6.45) is 0. The maximum Gasteiger partial charge on any atom is 0.266 e. The number of benzene rings is 4. The molecule has 0 fully saturated rings. The molecule has 0 aliphatic carbocycles. The number of rotatable bonds is 8. The van der Waals surface area contributed by atoms with Crippen molar-refractivity contribution in [1.29, 1.82) is 0 Å². The minimum atomic E-state index is -0.415. The molecular formula is C30H24N2O5S. The third-order valence-electron chi connectivity index (χ3n) is 5.95. The van der Waals surface area contributed by atoms with E-state index in [1.54, 1.807) is 73.8 Å². The van der Waals surface area contributed by atoms with E-state index in [0.717, 1.165) is 9.80 Å². The molecule has 0 unspecified atom stereocenters. The van der Waals surface area contributed by atoms with Gasteiger partial charge in [-0.05, 0) is 85.8 Å². The number of hydrogen-bond donors (Lipinski definition) is 1. The Balaban J connectivity index is 1.21. The van der Waals surface area contributed by atoms with E-state index in [4.69, 9.17) is 9.47 Å². The number of carbonyl (C=O) groups is 3. The van der Waals surface area contributed by atoms with E-state index in [1.807, 2.05) is 31.2 Å². The second-order valence-electron chi connectivity index (χ2n) is 8.63. The number of hydrogen-bond acceptors (Lipinski definition) is 6. The number of methoxy groups -OCH3 is 1. The Bertz CT molecular complexity index is 1500. The topological polar surface area (TPSA) is 84.9 Å². The molecule has 8 heteroatoms. The second kappa shape index (κ2) is 10.8. The standard InChI is InChI=1S/C30H24N2O5S/c1-19-3-14-25(15-4-19)38-18-28(33)31-20-5-9-23(10-6-20)37-24-13-16-26-27(17-24)30(35)32(29(26)34)21-7-11-22(36-2)12-8-21/h3-17H,18H2,1-2H3,(H,31,33). The molecule has 0 radical (unpaired) electrons. The van der Waals surface area contributed by atoms with E-state index in [1.165, 1.54) is 17.3 Å². The van der Waals surface area contributed by atoms with E-state index >= 15 is 0 Å². The van der Waals surface area contributed by atoms with Gasteiger partial charge in [0.25, 0.3) is 11.8 Å². The Kier molecular flexibility index (Phi) is 7.15. The smallest absolute Gasteiger partial charge is 0.266 e. The molecule has 4 aromatic rings. The van der Waals surface area contributed by atoms with Gasteiger partial charge in [-0.15, -0.1) is 11.8 Å². The Morgan fingerprint density at radius 2 is 1.42 bits per heavy atom. The number of ether oxygens (including phenoxy) is 2. The minimum absolute atomic E-state index is 0.104. The largest absolute Gasteiger partial charge is 0.497 e. The van der Waals surface area contributed by atoms with Crippen LogP contribution in [0.15, 0.2) is 95.9 Å². The average Bonchev–Trinajstić information content (AvgIpc) is 3.18. The van der Waals surface area contributed by atoms with Crippen LogP contribution in [0.2, 0.25) is 0 Å². The molecule has 0 saturated carbocycles. The fourth-order valence-electron chi connectivity index (χ4n) is 3.97. The van der Waals surface area contributed by atoms with Gasteiger partial charge in [-0.3, -0.25) is 14.4 Å². The molecule has 190 valence electrons. The average molecular weight is 525 g/mol. The van der Waals surface area contributed by atoms with Gasteiger partial charge in [-0.1, -0.05) is 17.7 Å². The first-order chi connectivity index (χ1) is 18.4. The van der Waals surface area contributed by atoms with Crippen LogP contribution in [-0.2, 0) is 4.79 Å². The number of amides is 3. The predicted molar refractivity (Wildman–Crippen MR) is 148 cm³/mol. The molecule has 1 N–H and O–H groups in total. The van der Waals surface area contributed by atoms with Gasteiger partial charge in [0, 0.05) is 10.6 Å². The Labute approximate surface area is 224 Å². The summed E-state index contributed by atoms with van der Waals surface area (Å²) < 4.78 is 11.1. The quantitative estimate of drug-likeness (QED) is 0.214. The molecule has 3 amide bonds. The number of aryl methyl sites for hydroxylation is 1. The van der Waals surface area contributed by atoms with Crippen LogP contribution in [0.1, 0.15) is 26.3 Å². The van der Waals surface area contributed by atoms with Crippen molar-refractivity contribution in [2.45, 2.75) is 11.8 Å². The Hall–Kier alpha value is -4.56. The van der Waals surface area contributed by atoms with Crippen molar-refractivity contribution in [3.63, 3.8) is 0 Å². The summed E-state index contributed by atoms with van der Waals surface area (Å²) in [7, 11) is 1.55. The van der Waals surface area contributed by atoms with Crippen LogP contribution in [-0.4, -0.2) is 30.6 Å². The fourth-order valence-corrected chi connectivity index (χ4v) is 4.67. The highest BCUT2D eigenvalue weighted by Gasteiger charge is 2.37. The van der Waals surface area contributed by atoms with Crippen molar-refractivity contribution in [2.75, 3.05) is 23.1 Å². The molecule has 0 atom stereocenters. The van der Waals surface area contributed by atoms with Crippen LogP contribution in [0, 0.1) is 6.92 Å². The molecule has 7 nitrogen and oxygen atoms in total. The van der Waals surface area contributed by atoms with Gasteiger partial charge in [0.05, 0.1) is 29.7 Å². The summed E-state index contributed by atoms with van der Waals surface area (Å²) >= 11 is 1.47. The van der Waals surface area contributed by atoms with E-state index in [0.29, 0.717) is 39.9 Å². The molecule has 38 heavy (non-hydrogen) atoms. The van der Waals surface area contributed by atoms with Gasteiger partial charge in [0.15, 0.2) is 0 Å². The molecule has 1 aliphatic heterocycles. The van der Waals surface area contributed by atoms with Gasteiger partial charge in [0.2, 0.25) is 5.91 Å². The van der Waals surface area contributed by atoms with Gasteiger partial charge in [-0.2, -0.15) is 0 Å². The molecule has 0 spiro atoms.